The highest BCUT2D eigenvalue weighted by Gasteiger charge is 2.27. The monoisotopic (exact) mass is 388 g/mol. The molecule has 1 saturated carbocycles. The van der Waals surface area contributed by atoms with Crippen molar-refractivity contribution in [1.29, 1.82) is 0 Å². The molecule has 6 N–H and O–H groups in total. The summed E-state index contributed by atoms with van der Waals surface area (Å²) in [6.07, 6.45) is 6.09. The third kappa shape index (κ3) is 6.94. The van der Waals surface area contributed by atoms with Gasteiger partial charge >= 0.3 is 6.09 Å². The number of hydrogen-bond donors (Lipinski definition) is 4. The fourth-order valence-corrected chi connectivity index (χ4v) is 3.30. The minimum Gasteiger partial charge on any atom is -0.445 e. The van der Waals surface area contributed by atoms with Crippen molar-refractivity contribution in [3.63, 3.8) is 0 Å². The largest absolute Gasteiger partial charge is 0.445 e. The highest BCUT2D eigenvalue weighted by Crippen LogP contribution is 2.27. The molecule has 0 bridgehead atoms. The number of hydrogen-bond acceptors (Lipinski definition) is 5. The van der Waals surface area contributed by atoms with E-state index in [0.29, 0.717) is 12.3 Å². The zero-order chi connectivity index (χ0) is 20.4. The average molecular weight is 388 g/mol. The third-order valence-corrected chi connectivity index (χ3v) is 4.81. The van der Waals surface area contributed by atoms with Crippen LogP contribution in [0.15, 0.2) is 42.2 Å². The second-order valence-corrected chi connectivity index (χ2v) is 6.93. The lowest BCUT2D eigenvalue weighted by atomic mass is 9.84. The molecule has 0 saturated heterocycles. The first kappa shape index (κ1) is 21.3. The highest BCUT2D eigenvalue weighted by atomic mass is 16.5. The Morgan fingerprint density at radius 3 is 2.43 bits per heavy atom. The van der Waals surface area contributed by atoms with E-state index in [1.54, 1.807) is 0 Å². The van der Waals surface area contributed by atoms with Crippen LogP contribution in [0.2, 0.25) is 0 Å². The van der Waals surface area contributed by atoms with Crippen LogP contribution in [-0.2, 0) is 20.9 Å². The molecule has 0 radical (unpaired) electrons. The summed E-state index contributed by atoms with van der Waals surface area (Å²) in [5.74, 6) is -1.07. The quantitative estimate of drug-likeness (QED) is 0.502. The molecule has 8 nitrogen and oxygen atoms in total. The Kier molecular flexibility index (Phi) is 8.33. The SMILES string of the molecule is N/C=C(/NC(=O)C(CC1CCCCC1)NC(=O)OCc1ccccc1)C(N)=O. The molecular weight excluding hydrogens is 360 g/mol. The van der Waals surface area contributed by atoms with Crippen molar-refractivity contribution in [2.75, 3.05) is 0 Å². The zero-order valence-electron chi connectivity index (χ0n) is 15.9. The smallest absolute Gasteiger partial charge is 0.408 e. The van der Waals surface area contributed by atoms with E-state index < -0.39 is 23.9 Å². The van der Waals surface area contributed by atoms with Gasteiger partial charge in [0.2, 0.25) is 5.91 Å². The minimum absolute atomic E-state index is 0.0969. The molecule has 1 unspecified atom stereocenters. The van der Waals surface area contributed by atoms with E-state index in [4.69, 9.17) is 16.2 Å². The molecule has 1 aliphatic rings. The van der Waals surface area contributed by atoms with E-state index in [-0.39, 0.29) is 12.3 Å². The number of rotatable bonds is 8. The van der Waals surface area contributed by atoms with Gasteiger partial charge in [-0.1, -0.05) is 62.4 Å². The average Bonchev–Trinajstić information content (AvgIpc) is 2.71. The third-order valence-electron chi connectivity index (χ3n) is 4.81. The zero-order valence-corrected chi connectivity index (χ0v) is 15.9. The van der Waals surface area contributed by atoms with Gasteiger partial charge in [-0.05, 0) is 17.9 Å². The maximum absolute atomic E-state index is 12.6. The molecule has 1 fully saturated rings. The number of primary amides is 1. The van der Waals surface area contributed by atoms with E-state index in [0.717, 1.165) is 37.4 Å². The molecule has 8 heteroatoms. The molecule has 3 amide bonds. The number of amides is 3. The maximum atomic E-state index is 12.6. The van der Waals surface area contributed by atoms with Crippen LogP contribution in [0, 0.1) is 5.92 Å². The van der Waals surface area contributed by atoms with E-state index in [9.17, 15) is 14.4 Å². The maximum Gasteiger partial charge on any atom is 0.408 e. The predicted octanol–water partition coefficient (Wildman–Crippen LogP) is 1.65. The Balaban J connectivity index is 1.98. The number of alkyl carbamates (subject to hydrolysis) is 1. The van der Waals surface area contributed by atoms with E-state index in [1.165, 1.54) is 6.42 Å². The van der Waals surface area contributed by atoms with Crippen molar-refractivity contribution in [2.24, 2.45) is 17.4 Å². The Bertz CT molecular complexity index is 699. The summed E-state index contributed by atoms with van der Waals surface area (Å²) < 4.78 is 5.22. The lowest BCUT2D eigenvalue weighted by Crippen LogP contribution is -2.49. The van der Waals surface area contributed by atoms with Gasteiger partial charge < -0.3 is 26.8 Å². The van der Waals surface area contributed by atoms with Crippen molar-refractivity contribution < 1.29 is 19.1 Å². The first-order valence-corrected chi connectivity index (χ1v) is 9.49. The summed E-state index contributed by atoms with van der Waals surface area (Å²) >= 11 is 0. The normalized spacial score (nSPS) is 16.1. The van der Waals surface area contributed by atoms with Crippen molar-refractivity contribution in [3.05, 3.63) is 47.8 Å². The van der Waals surface area contributed by atoms with Crippen LogP contribution in [0.4, 0.5) is 4.79 Å². The Hall–Kier alpha value is -3.03. The van der Waals surface area contributed by atoms with Crippen molar-refractivity contribution in [1.82, 2.24) is 10.6 Å². The lowest BCUT2D eigenvalue weighted by molar-refractivity contribution is -0.124. The molecule has 0 aromatic heterocycles. The van der Waals surface area contributed by atoms with Crippen LogP contribution >= 0.6 is 0 Å². The number of carbonyl (C=O) groups excluding carboxylic acids is 3. The van der Waals surface area contributed by atoms with E-state index >= 15 is 0 Å². The molecule has 2 rings (SSSR count). The van der Waals surface area contributed by atoms with Crippen molar-refractivity contribution in [3.8, 4) is 0 Å². The van der Waals surface area contributed by atoms with Crippen LogP contribution in [-0.4, -0.2) is 23.9 Å². The summed E-state index contributed by atoms with van der Waals surface area (Å²) in [7, 11) is 0. The van der Waals surface area contributed by atoms with Gasteiger partial charge in [-0.15, -0.1) is 0 Å². The van der Waals surface area contributed by atoms with Gasteiger partial charge in [0.25, 0.3) is 5.91 Å². The summed E-state index contributed by atoms with van der Waals surface area (Å²) in [4.78, 5) is 36.1. The molecule has 1 atom stereocenters. The van der Waals surface area contributed by atoms with Crippen LogP contribution < -0.4 is 22.1 Å². The molecule has 1 aromatic rings. The van der Waals surface area contributed by atoms with Crippen molar-refractivity contribution >= 4 is 17.9 Å². The van der Waals surface area contributed by atoms with Crippen molar-refractivity contribution in [2.45, 2.75) is 51.2 Å². The van der Waals surface area contributed by atoms with E-state index in [1.807, 2.05) is 30.3 Å². The molecule has 1 aliphatic carbocycles. The molecular formula is C20H28N4O4. The van der Waals surface area contributed by atoms with Crippen LogP contribution in [0.5, 0.6) is 0 Å². The molecule has 28 heavy (non-hydrogen) atoms. The summed E-state index contributed by atoms with van der Waals surface area (Å²) in [5, 5.41) is 5.00. The standard InChI is InChI=1S/C20H28N4O4/c21-12-17(18(22)25)23-19(26)16(11-14-7-3-1-4-8-14)24-20(27)28-13-15-9-5-2-6-10-15/h2,5-6,9-10,12,14,16H,1,3-4,7-8,11,13,21H2,(H2,22,25)(H,23,26)(H,24,27)/b17-12+. The van der Waals surface area contributed by atoms with Gasteiger partial charge in [-0.2, -0.15) is 0 Å². The second kappa shape index (κ2) is 11.0. The summed E-state index contributed by atoms with van der Waals surface area (Å²) in [5.41, 5.74) is 11.1. The lowest BCUT2D eigenvalue weighted by Gasteiger charge is -2.26. The Labute approximate surface area is 164 Å². The molecule has 0 spiro atoms. The first-order chi connectivity index (χ1) is 13.5. The Morgan fingerprint density at radius 1 is 1.14 bits per heavy atom. The minimum atomic E-state index is -0.848. The second-order valence-electron chi connectivity index (χ2n) is 6.93. The van der Waals surface area contributed by atoms with Gasteiger partial charge in [0.1, 0.15) is 18.3 Å². The Morgan fingerprint density at radius 2 is 1.82 bits per heavy atom. The van der Waals surface area contributed by atoms with Gasteiger partial charge in [0.05, 0.1) is 0 Å². The van der Waals surface area contributed by atoms with Gasteiger partial charge in [0, 0.05) is 6.20 Å². The fourth-order valence-electron chi connectivity index (χ4n) is 3.30. The van der Waals surface area contributed by atoms with Gasteiger partial charge in [-0.25, -0.2) is 4.79 Å². The molecule has 0 heterocycles. The fraction of sp³-hybridized carbons (Fsp3) is 0.450. The number of nitrogens with one attached hydrogen (secondary N) is 2. The van der Waals surface area contributed by atoms with Crippen LogP contribution in [0.3, 0.4) is 0 Å². The first-order valence-electron chi connectivity index (χ1n) is 9.49. The van der Waals surface area contributed by atoms with E-state index in [2.05, 4.69) is 10.6 Å². The number of ether oxygens (including phenoxy) is 1. The number of nitrogens with two attached hydrogens (primary N) is 2. The summed E-state index contributed by atoms with van der Waals surface area (Å²) in [6.45, 7) is 0.0969. The number of benzene rings is 1. The molecule has 152 valence electrons. The van der Waals surface area contributed by atoms with Gasteiger partial charge in [0.15, 0.2) is 0 Å². The molecule has 0 aliphatic heterocycles. The summed E-state index contributed by atoms with van der Waals surface area (Å²) in [6, 6.07) is 8.40. The highest BCUT2D eigenvalue weighted by molar-refractivity contribution is 5.98. The topological polar surface area (TPSA) is 137 Å². The molecule has 1 aromatic carbocycles. The van der Waals surface area contributed by atoms with Crippen LogP contribution in [0.1, 0.15) is 44.1 Å². The van der Waals surface area contributed by atoms with Gasteiger partial charge in [-0.3, -0.25) is 9.59 Å². The predicted molar refractivity (Wildman–Crippen MR) is 104 cm³/mol. The van der Waals surface area contributed by atoms with Crippen LogP contribution in [0.25, 0.3) is 0 Å². The number of carbonyl (C=O) groups is 3.